The average Bonchev–Trinajstić information content (AvgIpc) is 3.23. The van der Waals surface area contributed by atoms with Crippen LogP contribution >= 0.6 is 11.8 Å². The van der Waals surface area contributed by atoms with Gasteiger partial charge in [0.2, 0.25) is 11.8 Å². The van der Waals surface area contributed by atoms with Crippen LogP contribution in [0.1, 0.15) is 35.7 Å². The van der Waals surface area contributed by atoms with E-state index < -0.39 is 23.7 Å². The summed E-state index contributed by atoms with van der Waals surface area (Å²) >= 11 is 1.58. The van der Waals surface area contributed by atoms with Crippen LogP contribution in [0.25, 0.3) is 0 Å². The van der Waals surface area contributed by atoms with Crippen LogP contribution in [0.4, 0.5) is 24.5 Å². The lowest BCUT2D eigenvalue weighted by Crippen LogP contribution is -2.48. The number of thioether (sulfide) groups is 1. The number of carbonyl (C=O) groups excluding carboxylic acids is 3. The SMILES string of the molecule is C[C@]12CCC(=O)N1[C@H](C(=O)Nc1cccc(C(=O)Nc3cccc(C(F)(F)F)c3)c1)CS2. The standard InChI is InChI=1S/C22H20F3N3O3S/c1-21-9-8-18(29)28(21)17(12-32-21)20(31)27-15-6-2-4-13(10-15)19(30)26-16-7-3-5-14(11-16)22(23,24)25/h2-7,10-11,17H,8-9,12H2,1H3,(H,26,30)(H,27,31)/t17-,21-/m0/s1. The molecule has 0 aliphatic carbocycles. The molecule has 3 amide bonds. The van der Waals surface area contributed by atoms with Crippen LogP contribution in [0.3, 0.4) is 0 Å². The first-order chi connectivity index (χ1) is 15.1. The van der Waals surface area contributed by atoms with Crippen LogP contribution in [0.5, 0.6) is 0 Å². The highest BCUT2D eigenvalue weighted by Gasteiger charge is 2.52. The van der Waals surface area contributed by atoms with Crippen LogP contribution in [0.15, 0.2) is 48.5 Å². The number of rotatable bonds is 4. The fraction of sp³-hybridized carbons (Fsp3) is 0.318. The lowest BCUT2D eigenvalue weighted by atomic mass is 10.1. The van der Waals surface area contributed by atoms with Crippen LogP contribution in [0.2, 0.25) is 0 Å². The molecule has 2 heterocycles. The van der Waals surface area contributed by atoms with E-state index in [1.165, 1.54) is 24.3 Å². The van der Waals surface area contributed by atoms with Gasteiger partial charge >= 0.3 is 6.18 Å². The summed E-state index contributed by atoms with van der Waals surface area (Å²) in [5.41, 5.74) is -0.330. The van der Waals surface area contributed by atoms with Gasteiger partial charge in [-0.15, -0.1) is 11.8 Å². The van der Waals surface area contributed by atoms with Gasteiger partial charge in [-0.25, -0.2) is 0 Å². The molecule has 2 saturated heterocycles. The molecule has 0 spiro atoms. The Morgan fingerprint density at radius 1 is 1.09 bits per heavy atom. The second kappa shape index (κ2) is 8.16. The summed E-state index contributed by atoms with van der Waals surface area (Å²) in [5, 5.41) is 5.19. The molecule has 0 bridgehead atoms. The topological polar surface area (TPSA) is 78.5 Å². The highest BCUT2D eigenvalue weighted by atomic mass is 32.2. The Labute approximate surface area is 186 Å². The van der Waals surface area contributed by atoms with E-state index in [1.807, 2.05) is 6.92 Å². The number of alkyl halides is 3. The first-order valence-corrected chi connectivity index (χ1v) is 10.9. The number of anilines is 2. The fourth-order valence-electron chi connectivity index (χ4n) is 3.95. The van der Waals surface area contributed by atoms with Crippen molar-refractivity contribution >= 4 is 40.9 Å². The van der Waals surface area contributed by atoms with E-state index in [0.717, 1.165) is 12.1 Å². The first-order valence-electron chi connectivity index (χ1n) is 9.92. The molecule has 32 heavy (non-hydrogen) atoms. The molecule has 4 rings (SSSR count). The van der Waals surface area contributed by atoms with E-state index >= 15 is 0 Å². The van der Waals surface area contributed by atoms with Crippen LogP contribution in [-0.4, -0.2) is 39.3 Å². The third-order valence-electron chi connectivity index (χ3n) is 5.59. The number of carbonyl (C=O) groups is 3. The van der Waals surface area contributed by atoms with E-state index in [1.54, 1.807) is 28.8 Å². The minimum Gasteiger partial charge on any atom is -0.324 e. The number of fused-ring (bicyclic) bond motifs is 1. The van der Waals surface area contributed by atoms with Crippen molar-refractivity contribution in [2.45, 2.75) is 36.9 Å². The van der Waals surface area contributed by atoms with Crippen molar-refractivity contribution in [3.63, 3.8) is 0 Å². The average molecular weight is 463 g/mol. The minimum atomic E-state index is -4.52. The Morgan fingerprint density at radius 2 is 1.78 bits per heavy atom. The molecule has 0 aromatic heterocycles. The van der Waals surface area contributed by atoms with Crippen LogP contribution < -0.4 is 10.6 Å². The molecule has 2 fully saturated rings. The molecule has 2 aliphatic rings. The van der Waals surface area contributed by atoms with E-state index in [-0.39, 0.29) is 27.9 Å². The van der Waals surface area contributed by atoms with Crippen LogP contribution in [-0.2, 0) is 15.8 Å². The van der Waals surface area contributed by atoms with Crippen LogP contribution in [0, 0.1) is 0 Å². The van der Waals surface area contributed by atoms with E-state index in [2.05, 4.69) is 10.6 Å². The number of amides is 3. The van der Waals surface area contributed by atoms with Gasteiger partial charge < -0.3 is 15.5 Å². The Morgan fingerprint density at radius 3 is 2.50 bits per heavy atom. The van der Waals surface area contributed by atoms with Gasteiger partial charge in [0.05, 0.1) is 10.4 Å². The van der Waals surface area contributed by atoms with Crippen molar-refractivity contribution in [3.05, 3.63) is 59.7 Å². The van der Waals surface area contributed by atoms with Gasteiger partial charge in [0.15, 0.2) is 0 Å². The van der Waals surface area contributed by atoms with Gasteiger partial charge in [-0.2, -0.15) is 13.2 Å². The molecule has 2 N–H and O–H groups in total. The molecule has 0 radical (unpaired) electrons. The van der Waals surface area contributed by atoms with Gasteiger partial charge in [-0.1, -0.05) is 12.1 Å². The van der Waals surface area contributed by atoms with E-state index in [4.69, 9.17) is 0 Å². The van der Waals surface area contributed by atoms with Gasteiger partial charge in [0, 0.05) is 29.1 Å². The summed E-state index contributed by atoms with van der Waals surface area (Å²) < 4.78 is 38.6. The first kappa shape index (κ1) is 22.2. The lowest BCUT2D eigenvalue weighted by molar-refractivity contribution is -0.137. The number of nitrogens with one attached hydrogen (secondary N) is 2. The van der Waals surface area contributed by atoms with Crippen molar-refractivity contribution in [2.24, 2.45) is 0 Å². The van der Waals surface area contributed by atoms with Crippen molar-refractivity contribution < 1.29 is 27.6 Å². The molecule has 0 saturated carbocycles. The van der Waals surface area contributed by atoms with Crippen molar-refractivity contribution in [1.29, 1.82) is 0 Å². The second-order valence-corrected chi connectivity index (χ2v) is 9.37. The number of hydrogen-bond donors (Lipinski definition) is 2. The van der Waals surface area contributed by atoms with E-state index in [9.17, 15) is 27.6 Å². The number of benzene rings is 2. The Hall–Kier alpha value is -3.01. The van der Waals surface area contributed by atoms with Gasteiger partial charge in [0.1, 0.15) is 6.04 Å². The van der Waals surface area contributed by atoms with Crippen molar-refractivity contribution in [3.8, 4) is 0 Å². The van der Waals surface area contributed by atoms with Gasteiger partial charge in [-0.3, -0.25) is 14.4 Å². The quantitative estimate of drug-likeness (QED) is 0.707. The molecule has 168 valence electrons. The summed E-state index contributed by atoms with van der Waals surface area (Å²) in [6, 6.07) is 9.84. The summed E-state index contributed by atoms with van der Waals surface area (Å²) in [6.45, 7) is 1.95. The highest BCUT2D eigenvalue weighted by Crippen LogP contribution is 2.47. The van der Waals surface area contributed by atoms with Gasteiger partial charge in [-0.05, 0) is 49.7 Å². The highest BCUT2D eigenvalue weighted by molar-refractivity contribution is 8.01. The molecule has 0 unspecified atom stereocenters. The molecule has 10 heteroatoms. The zero-order valence-electron chi connectivity index (χ0n) is 17.0. The smallest absolute Gasteiger partial charge is 0.324 e. The summed E-state index contributed by atoms with van der Waals surface area (Å²) in [4.78, 5) is 38.9. The number of hydrogen-bond acceptors (Lipinski definition) is 4. The maximum Gasteiger partial charge on any atom is 0.416 e. The maximum absolute atomic E-state index is 12.9. The Kier molecular flexibility index (Phi) is 5.66. The Balaban J connectivity index is 1.45. The largest absolute Gasteiger partial charge is 0.416 e. The van der Waals surface area contributed by atoms with Crippen molar-refractivity contribution in [2.75, 3.05) is 16.4 Å². The second-order valence-electron chi connectivity index (χ2n) is 7.87. The maximum atomic E-state index is 12.9. The summed E-state index contributed by atoms with van der Waals surface area (Å²) in [5.74, 6) is -0.512. The zero-order chi connectivity index (χ0) is 23.1. The molecule has 6 nitrogen and oxygen atoms in total. The molecular weight excluding hydrogens is 443 g/mol. The number of nitrogens with zero attached hydrogens (tertiary/aromatic N) is 1. The normalized spacial score (nSPS) is 22.6. The molecule has 2 atom stereocenters. The molecule has 2 aromatic carbocycles. The van der Waals surface area contributed by atoms with Crippen molar-refractivity contribution in [1.82, 2.24) is 4.90 Å². The molecular formula is C22H20F3N3O3S. The molecule has 2 aromatic rings. The summed E-state index contributed by atoms with van der Waals surface area (Å²) in [7, 11) is 0. The predicted octanol–water partition coefficient (Wildman–Crippen LogP) is 4.35. The number of halogens is 3. The molecule has 2 aliphatic heterocycles. The minimum absolute atomic E-state index is 0.00840. The Bertz CT molecular complexity index is 1090. The fourth-order valence-corrected chi connectivity index (χ4v) is 5.39. The summed E-state index contributed by atoms with van der Waals surface area (Å²) in [6.07, 6.45) is -3.40. The third-order valence-corrected chi connectivity index (χ3v) is 7.09. The van der Waals surface area contributed by atoms with Gasteiger partial charge in [0.25, 0.3) is 5.91 Å². The van der Waals surface area contributed by atoms with E-state index in [0.29, 0.717) is 24.3 Å². The zero-order valence-corrected chi connectivity index (χ0v) is 17.8. The lowest BCUT2D eigenvalue weighted by Gasteiger charge is -2.29. The predicted molar refractivity (Wildman–Crippen MR) is 115 cm³/mol. The monoisotopic (exact) mass is 463 g/mol. The third kappa shape index (κ3) is 4.32.